The third-order valence-electron chi connectivity index (χ3n) is 2.70. The molecule has 0 aliphatic heterocycles. The Bertz CT molecular complexity index is 549. The van der Waals surface area contributed by atoms with Crippen molar-refractivity contribution >= 4 is 28.3 Å². The maximum atomic E-state index is 10.9. The Morgan fingerprint density at radius 1 is 1.31 bits per heavy atom. The first-order chi connectivity index (χ1) is 7.59. The number of rotatable bonds is 2. The van der Waals surface area contributed by atoms with Gasteiger partial charge in [0.1, 0.15) is 0 Å². The molecule has 0 aromatic heterocycles. The summed E-state index contributed by atoms with van der Waals surface area (Å²) in [6, 6.07) is 11.3. The molecule has 2 aromatic rings. The zero-order chi connectivity index (χ0) is 11.7. The molecule has 2 aromatic carbocycles. The Balaban J connectivity index is 2.62. The Kier molecular flexibility index (Phi) is 2.84. The van der Waals surface area contributed by atoms with Crippen LogP contribution in [0.25, 0.3) is 10.8 Å². The van der Waals surface area contributed by atoms with E-state index in [-0.39, 0.29) is 0 Å². The highest BCUT2D eigenvalue weighted by molar-refractivity contribution is 6.35. The van der Waals surface area contributed by atoms with Crippen molar-refractivity contribution in [1.82, 2.24) is 0 Å². The number of benzene rings is 2. The number of carbonyl (C=O) groups is 1. The second kappa shape index (κ2) is 4.14. The highest BCUT2D eigenvalue weighted by Crippen LogP contribution is 2.28. The number of hydrogen-bond donors (Lipinski definition) is 1. The van der Waals surface area contributed by atoms with Gasteiger partial charge in [0.15, 0.2) is 0 Å². The Hall–Kier alpha value is -1.54. The zero-order valence-corrected chi connectivity index (χ0v) is 9.53. The summed E-state index contributed by atoms with van der Waals surface area (Å²) in [5.41, 5.74) is 0.733. The lowest BCUT2D eigenvalue weighted by molar-refractivity contribution is -0.138. The molecule has 2 nitrogen and oxygen atoms in total. The summed E-state index contributed by atoms with van der Waals surface area (Å²) in [5.74, 6) is -1.38. The molecule has 0 heterocycles. The summed E-state index contributed by atoms with van der Waals surface area (Å²) in [6.07, 6.45) is 0. The van der Waals surface area contributed by atoms with Crippen molar-refractivity contribution in [3.05, 3.63) is 47.0 Å². The molecular formula is C13H11ClO2. The molecule has 3 heteroatoms. The van der Waals surface area contributed by atoms with Crippen molar-refractivity contribution in [1.29, 1.82) is 0 Å². The van der Waals surface area contributed by atoms with Crippen molar-refractivity contribution < 1.29 is 9.90 Å². The third kappa shape index (κ3) is 1.89. The van der Waals surface area contributed by atoms with Gasteiger partial charge in [-0.05, 0) is 23.9 Å². The van der Waals surface area contributed by atoms with Crippen LogP contribution in [0.3, 0.4) is 0 Å². The highest BCUT2D eigenvalue weighted by atomic mass is 35.5. The van der Waals surface area contributed by atoms with Crippen molar-refractivity contribution in [2.45, 2.75) is 12.8 Å². The van der Waals surface area contributed by atoms with Crippen LogP contribution in [0.15, 0.2) is 36.4 Å². The molecule has 0 aliphatic carbocycles. The number of fused-ring (bicyclic) bond motifs is 1. The smallest absolute Gasteiger partial charge is 0.310 e. The van der Waals surface area contributed by atoms with Gasteiger partial charge in [-0.3, -0.25) is 4.79 Å². The van der Waals surface area contributed by atoms with E-state index in [1.54, 1.807) is 13.0 Å². The van der Waals surface area contributed by atoms with E-state index in [1.165, 1.54) is 0 Å². The van der Waals surface area contributed by atoms with Gasteiger partial charge in [-0.2, -0.15) is 0 Å². The topological polar surface area (TPSA) is 37.3 Å². The van der Waals surface area contributed by atoms with E-state index in [1.807, 2.05) is 30.3 Å². The van der Waals surface area contributed by atoms with E-state index < -0.39 is 11.9 Å². The molecule has 0 saturated heterocycles. The van der Waals surface area contributed by atoms with Crippen LogP contribution in [0, 0.1) is 0 Å². The Morgan fingerprint density at radius 2 is 2.00 bits per heavy atom. The van der Waals surface area contributed by atoms with Crippen molar-refractivity contribution in [3.63, 3.8) is 0 Å². The molecule has 0 aliphatic rings. The number of carboxylic acid groups (broad SMARTS) is 1. The summed E-state index contributed by atoms with van der Waals surface area (Å²) in [5, 5.41) is 11.5. The summed E-state index contributed by atoms with van der Waals surface area (Å²) >= 11 is 6.12. The molecule has 0 radical (unpaired) electrons. The fourth-order valence-electron chi connectivity index (χ4n) is 1.68. The first-order valence-corrected chi connectivity index (χ1v) is 5.38. The molecule has 1 atom stereocenters. The quantitative estimate of drug-likeness (QED) is 0.861. The molecule has 82 valence electrons. The van der Waals surface area contributed by atoms with Crippen molar-refractivity contribution in [3.8, 4) is 0 Å². The third-order valence-corrected chi connectivity index (χ3v) is 3.02. The van der Waals surface area contributed by atoms with Crippen LogP contribution >= 0.6 is 11.6 Å². The van der Waals surface area contributed by atoms with Gasteiger partial charge in [0.2, 0.25) is 0 Å². The van der Waals surface area contributed by atoms with Crippen LogP contribution in [0.4, 0.5) is 0 Å². The monoisotopic (exact) mass is 234 g/mol. The minimum absolute atomic E-state index is 0.540. The first-order valence-electron chi connectivity index (χ1n) is 5.00. The molecule has 0 amide bonds. The molecule has 1 unspecified atom stereocenters. The predicted molar refractivity (Wildman–Crippen MR) is 65.0 cm³/mol. The summed E-state index contributed by atoms with van der Waals surface area (Å²) in [6.45, 7) is 1.66. The van der Waals surface area contributed by atoms with Crippen molar-refractivity contribution in [2.75, 3.05) is 0 Å². The van der Waals surface area contributed by atoms with Crippen LogP contribution < -0.4 is 0 Å². The second-order valence-electron chi connectivity index (χ2n) is 3.78. The lowest BCUT2D eigenvalue weighted by atomic mass is 9.98. The molecule has 0 bridgehead atoms. The van der Waals surface area contributed by atoms with Gasteiger partial charge in [-0.15, -0.1) is 0 Å². The van der Waals surface area contributed by atoms with Gasteiger partial charge in [-0.25, -0.2) is 0 Å². The molecule has 0 saturated carbocycles. The van der Waals surface area contributed by atoms with Crippen LogP contribution in [0.5, 0.6) is 0 Å². The number of carboxylic acids is 1. The Labute approximate surface area is 98.5 Å². The van der Waals surface area contributed by atoms with Crippen LogP contribution in [-0.4, -0.2) is 11.1 Å². The molecule has 0 spiro atoms. The average molecular weight is 235 g/mol. The SMILES string of the molecule is CC(C(=O)O)c1cc(Cl)c2ccccc2c1. The van der Waals surface area contributed by atoms with Gasteiger partial charge in [0.25, 0.3) is 0 Å². The second-order valence-corrected chi connectivity index (χ2v) is 4.19. The van der Waals surface area contributed by atoms with Crippen LogP contribution in [0.2, 0.25) is 5.02 Å². The zero-order valence-electron chi connectivity index (χ0n) is 8.77. The number of aliphatic carboxylic acids is 1. The number of halogens is 1. The van der Waals surface area contributed by atoms with Gasteiger partial charge in [0, 0.05) is 10.4 Å². The van der Waals surface area contributed by atoms with E-state index in [2.05, 4.69) is 0 Å². The fraction of sp³-hybridized carbons (Fsp3) is 0.154. The lowest BCUT2D eigenvalue weighted by Gasteiger charge is -2.09. The van der Waals surface area contributed by atoms with E-state index in [0.717, 1.165) is 16.3 Å². The summed E-state index contributed by atoms with van der Waals surface area (Å²) < 4.78 is 0. The maximum Gasteiger partial charge on any atom is 0.310 e. The molecule has 0 fully saturated rings. The van der Waals surface area contributed by atoms with Gasteiger partial charge >= 0.3 is 5.97 Å². The average Bonchev–Trinajstić information content (AvgIpc) is 2.28. The Morgan fingerprint density at radius 3 is 2.69 bits per heavy atom. The van der Waals surface area contributed by atoms with E-state index in [9.17, 15) is 4.79 Å². The molecule has 16 heavy (non-hydrogen) atoms. The number of hydrogen-bond acceptors (Lipinski definition) is 1. The van der Waals surface area contributed by atoms with Gasteiger partial charge in [0.05, 0.1) is 5.92 Å². The summed E-state index contributed by atoms with van der Waals surface area (Å²) in [4.78, 5) is 10.9. The van der Waals surface area contributed by atoms with Gasteiger partial charge in [-0.1, -0.05) is 41.9 Å². The maximum absolute atomic E-state index is 10.9. The largest absolute Gasteiger partial charge is 0.481 e. The van der Waals surface area contributed by atoms with Gasteiger partial charge < -0.3 is 5.11 Å². The summed E-state index contributed by atoms with van der Waals surface area (Å²) in [7, 11) is 0. The van der Waals surface area contributed by atoms with Crippen LogP contribution in [0.1, 0.15) is 18.4 Å². The van der Waals surface area contributed by atoms with Crippen molar-refractivity contribution in [2.24, 2.45) is 0 Å². The minimum atomic E-state index is -0.841. The molecule has 1 N–H and O–H groups in total. The first kappa shape index (κ1) is 11.0. The van der Waals surface area contributed by atoms with Crippen LogP contribution in [-0.2, 0) is 4.79 Å². The van der Waals surface area contributed by atoms with E-state index in [0.29, 0.717) is 5.02 Å². The fourth-order valence-corrected chi connectivity index (χ4v) is 1.98. The predicted octanol–water partition coefficient (Wildman–Crippen LogP) is 3.68. The highest BCUT2D eigenvalue weighted by Gasteiger charge is 2.15. The lowest BCUT2D eigenvalue weighted by Crippen LogP contribution is -2.07. The minimum Gasteiger partial charge on any atom is -0.481 e. The molecular weight excluding hydrogens is 224 g/mol. The molecule has 2 rings (SSSR count). The normalized spacial score (nSPS) is 12.6. The van der Waals surface area contributed by atoms with E-state index in [4.69, 9.17) is 16.7 Å². The standard InChI is InChI=1S/C13H11ClO2/c1-8(13(15)16)10-6-9-4-2-3-5-11(9)12(14)7-10/h2-8H,1H3,(H,15,16). The van der Waals surface area contributed by atoms with E-state index >= 15 is 0 Å².